The lowest BCUT2D eigenvalue weighted by Crippen LogP contribution is -2.36. The molecule has 0 N–H and O–H groups in total. The molecule has 1 aromatic carbocycles. The van der Waals surface area contributed by atoms with E-state index < -0.39 is 0 Å². The van der Waals surface area contributed by atoms with Crippen molar-refractivity contribution in [3.05, 3.63) is 28.2 Å². The largest absolute Gasteiger partial charge is 0.496 e. The van der Waals surface area contributed by atoms with Crippen molar-refractivity contribution in [2.75, 3.05) is 32.7 Å². The van der Waals surface area contributed by atoms with Crippen LogP contribution in [-0.4, -0.2) is 43.7 Å². The first-order valence-electron chi connectivity index (χ1n) is 6.95. The molecule has 2 rings (SSSR count). The fraction of sp³-hybridized carbons (Fsp3) is 0.600. The van der Waals surface area contributed by atoms with Crippen molar-refractivity contribution >= 4 is 27.5 Å². The van der Waals surface area contributed by atoms with E-state index in [0.717, 1.165) is 42.7 Å². The number of halogens is 2. The normalized spacial score (nSPS) is 17.4. The number of alkyl halides is 1. The van der Waals surface area contributed by atoms with E-state index >= 15 is 0 Å². The fourth-order valence-electron chi connectivity index (χ4n) is 2.56. The van der Waals surface area contributed by atoms with Gasteiger partial charge in [0.25, 0.3) is 0 Å². The average Bonchev–Trinajstić information content (AvgIpc) is 2.47. The van der Waals surface area contributed by atoms with Crippen LogP contribution in [0.2, 0.25) is 0 Å². The van der Waals surface area contributed by atoms with Gasteiger partial charge in [0, 0.05) is 35.6 Å². The molecule has 0 aliphatic carbocycles. The van der Waals surface area contributed by atoms with E-state index in [2.05, 4.69) is 26.9 Å². The molecule has 1 aromatic rings. The van der Waals surface area contributed by atoms with Crippen LogP contribution in [0.1, 0.15) is 18.4 Å². The maximum Gasteiger partial charge on any atom is 0.123 e. The Hall–Kier alpha value is -0.290. The molecule has 3 nitrogen and oxygen atoms in total. The second-order valence-electron chi connectivity index (χ2n) is 4.99. The molecule has 1 aliphatic heterocycles. The molecular weight excluding hydrogens is 342 g/mol. The molecule has 0 amide bonds. The van der Waals surface area contributed by atoms with Crippen molar-refractivity contribution in [1.82, 2.24) is 4.90 Å². The SMILES string of the molecule is COc1ccc(Br)cc1CN1CCC(OCCCl)CC1. The Labute approximate surface area is 134 Å². The summed E-state index contributed by atoms with van der Waals surface area (Å²) in [4.78, 5) is 2.45. The van der Waals surface area contributed by atoms with E-state index in [4.69, 9.17) is 21.1 Å². The van der Waals surface area contributed by atoms with Gasteiger partial charge in [0.2, 0.25) is 0 Å². The molecule has 1 heterocycles. The minimum absolute atomic E-state index is 0.370. The maximum absolute atomic E-state index is 5.70. The van der Waals surface area contributed by atoms with Gasteiger partial charge in [-0.1, -0.05) is 15.9 Å². The fourth-order valence-corrected chi connectivity index (χ4v) is 3.05. The van der Waals surface area contributed by atoms with Crippen LogP contribution in [0.4, 0.5) is 0 Å². The van der Waals surface area contributed by atoms with Crippen molar-refractivity contribution in [3.63, 3.8) is 0 Å². The zero-order chi connectivity index (χ0) is 14.4. The Morgan fingerprint density at radius 1 is 1.35 bits per heavy atom. The van der Waals surface area contributed by atoms with Gasteiger partial charge in [-0.25, -0.2) is 0 Å². The van der Waals surface area contributed by atoms with E-state index in [1.807, 2.05) is 12.1 Å². The molecular formula is C15H21BrClNO2. The monoisotopic (exact) mass is 361 g/mol. The molecule has 112 valence electrons. The summed E-state index contributed by atoms with van der Waals surface area (Å²) in [5, 5.41) is 0. The number of hydrogen-bond donors (Lipinski definition) is 0. The van der Waals surface area contributed by atoms with Crippen molar-refractivity contribution in [3.8, 4) is 5.75 Å². The molecule has 1 aliphatic rings. The Morgan fingerprint density at radius 3 is 2.75 bits per heavy atom. The Balaban J connectivity index is 1.87. The summed E-state index contributed by atoms with van der Waals surface area (Å²) in [6, 6.07) is 6.15. The number of piperidine rings is 1. The Morgan fingerprint density at radius 2 is 2.10 bits per heavy atom. The van der Waals surface area contributed by atoms with Gasteiger partial charge >= 0.3 is 0 Å². The summed E-state index contributed by atoms with van der Waals surface area (Å²) in [6.07, 6.45) is 2.52. The number of likely N-dealkylation sites (tertiary alicyclic amines) is 1. The predicted molar refractivity (Wildman–Crippen MR) is 85.7 cm³/mol. The highest BCUT2D eigenvalue weighted by Gasteiger charge is 2.20. The zero-order valence-corrected chi connectivity index (χ0v) is 14.1. The molecule has 0 saturated carbocycles. The number of hydrogen-bond acceptors (Lipinski definition) is 3. The van der Waals surface area contributed by atoms with Crippen molar-refractivity contribution < 1.29 is 9.47 Å². The van der Waals surface area contributed by atoms with Gasteiger partial charge in [-0.2, -0.15) is 0 Å². The highest BCUT2D eigenvalue weighted by atomic mass is 79.9. The number of ether oxygens (including phenoxy) is 2. The number of rotatable bonds is 6. The van der Waals surface area contributed by atoms with Gasteiger partial charge in [-0.05, 0) is 31.0 Å². The molecule has 0 bridgehead atoms. The van der Waals surface area contributed by atoms with Crippen LogP contribution < -0.4 is 4.74 Å². The molecule has 0 atom stereocenters. The lowest BCUT2D eigenvalue weighted by molar-refractivity contribution is 0.0133. The first-order valence-corrected chi connectivity index (χ1v) is 8.28. The second-order valence-corrected chi connectivity index (χ2v) is 6.29. The molecule has 20 heavy (non-hydrogen) atoms. The Bertz CT molecular complexity index is 422. The highest BCUT2D eigenvalue weighted by molar-refractivity contribution is 9.10. The van der Waals surface area contributed by atoms with Crippen LogP contribution in [0.3, 0.4) is 0 Å². The summed E-state index contributed by atoms with van der Waals surface area (Å²) in [7, 11) is 1.72. The third-order valence-electron chi connectivity index (χ3n) is 3.60. The van der Waals surface area contributed by atoms with Gasteiger partial charge in [0.1, 0.15) is 5.75 Å². The Kier molecular flexibility index (Phi) is 6.62. The van der Waals surface area contributed by atoms with Gasteiger partial charge < -0.3 is 9.47 Å². The van der Waals surface area contributed by atoms with Crippen LogP contribution in [0, 0.1) is 0 Å². The third kappa shape index (κ3) is 4.62. The van der Waals surface area contributed by atoms with Crippen LogP contribution in [0.25, 0.3) is 0 Å². The van der Waals surface area contributed by atoms with Gasteiger partial charge in [-0.3, -0.25) is 4.90 Å². The lowest BCUT2D eigenvalue weighted by Gasteiger charge is -2.32. The van der Waals surface area contributed by atoms with E-state index in [-0.39, 0.29) is 0 Å². The van der Waals surface area contributed by atoms with E-state index in [1.165, 1.54) is 5.56 Å². The quantitative estimate of drug-likeness (QED) is 0.721. The van der Waals surface area contributed by atoms with Gasteiger partial charge in [-0.15, -0.1) is 11.6 Å². The minimum atomic E-state index is 0.370. The van der Waals surface area contributed by atoms with Gasteiger partial charge in [0.15, 0.2) is 0 Å². The van der Waals surface area contributed by atoms with E-state index in [9.17, 15) is 0 Å². The molecule has 0 radical (unpaired) electrons. The van der Waals surface area contributed by atoms with Gasteiger partial charge in [0.05, 0.1) is 19.8 Å². The van der Waals surface area contributed by atoms with Crippen molar-refractivity contribution in [2.45, 2.75) is 25.5 Å². The third-order valence-corrected chi connectivity index (χ3v) is 4.25. The van der Waals surface area contributed by atoms with E-state index in [0.29, 0.717) is 18.6 Å². The first kappa shape index (κ1) is 16.1. The van der Waals surface area contributed by atoms with Crippen LogP contribution in [-0.2, 0) is 11.3 Å². The smallest absolute Gasteiger partial charge is 0.123 e. The first-order chi connectivity index (χ1) is 9.72. The lowest BCUT2D eigenvalue weighted by atomic mass is 10.1. The number of benzene rings is 1. The number of methoxy groups -OCH3 is 1. The summed E-state index contributed by atoms with van der Waals surface area (Å²) < 4.78 is 12.2. The summed E-state index contributed by atoms with van der Waals surface area (Å²) in [6.45, 7) is 3.70. The van der Waals surface area contributed by atoms with Crippen LogP contribution in [0.5, 0.6) is 5.75 Å². The van der Waals surface area contributed by atoms with E-state index in [1.54, 1.807) is 7.11 Å². The maximum atomic E-state index is 5.70. The summed E-state index contributed by atoms with van der Waals surface area (Å²) in [5.74, 6) is 1.53. The molecule has 0 aromatic heterocycles. The summed E-state index contributed by atoms with van der Waals surface area (Å²) in [5.41, 5.74) is 1.22. The average molecular weight is 363 g/mol. The molecule has 1 saturated heterocycles. The molecule has 1 fully saturated rings. The molecule has 0 unspecified atom stereocenters. The molecule has 5 heteroatoms. The predicted octanol–water partition coefficient (Wildman–Crippen LogP) is 3.68. The van der Waals surface area contributed by atoms with Crippen molar-refractivity contribution in [1.29, 1.82) is 0 Å². The number of nitrogens with zero attached hydrogens (tertiary/aromatic N) is 1. The topological polar surface area (TPSA) is 21.7 Å². The highest BCUT2D eigenvalue weighted by Crippen LogP contribution is 2.25. The van der Waals surface area contributed by atoms with Crippen LogP contribution in [0.15, 0.2) is 22.7 Å². The van der Waals surface area contributed by atoms with Crippen molar-refractivity contribution in [2.24, 2.45) is 0 Å². The van der Waals surface area contributed by atoms with Crippen LogP contribution >= 0.6 is 27.5 Å². The zero-order valence-electron chi connectivity index (χ0n) is 11.8. The molecule has 0 spiro atoms. The standard InChI is InChI=1S/C15H21BrClNO2/c1-19-15-3-2-13(16)10-12(15)11-18-7-4-14(5-8-18)20-9-6-17/h2-3,10,14H,4-9,11H2,1H3. The minimum Gasteiger partial charge on any atom is -0.496 e. The second kappa shape index (κ2) is 8.23. The summed E-state index contributed by atoms with van der Waals surface area (Å²) >= 11 is 9.17.